The Hall–Kier alpha value is -1.88. The van der Waals surface area contributed by atoms with Gasteiger partial charge >= 0.3 is 5.97 Å². The van der Waals surface area contributed by atoms with Gasteiger partial charge in [0.05, 0.1) is 5.54 Å². The molecule has 5 heteroatoms. The zero-order valence-corrected chi connectivity index (χ0v) is 10.7. The molecule has 1 fully saturated rings. The van der Waals surface area contributed by atoms with Gasteiger partial charge in [-0.1, -0.05) is 18.2 Å². The summed E-state index contributed by atoms with van der Waals surface area (Å²) in [5, 5.41) is 21.5. The molecular formula is C14H17NO4. The predicted octanol–water partition coefficient (Wildman–Crippen LogP) is 1.03. The first-order valence-corrected chi connectivity index (χ1v) is 6.23. The Kier molecular flexibility index (Phi) is 3.57. The number of benzene rings is 1. The zero-order valence-electron chi connectivity index (χ0n) is 10.7. The van der Waals surface area contributed by atoms with Gasteiger partial charge in [0.25, 0.3) is 5.91 Å². The number of nitrogens with one attached hydrogen (secondary N) is 1. The van der Waals surface area contributed by atoms with Crippen LogP contribution in [0.2, 0.25) is 0 Å². The molecule has 0 aromatic heterocycles. The van der Waals surface area contributed by atoms with Crippen molar-refractivity contribution < 1.29 is 19.8 Å². The van der Waals surface area contributed by atoms with E-state index in [4.69, 9.17) is 5.11 Å². The van der Waals surface area contributed by atoms with Gasteiger partial charge in [0.2, 0.25) is 0 Å². The normalized spacial score (nSPS) is 19.3. The van der Waals surface area contributed by atoms with E-state index in [0.29, 0.717) is 5.56 Å². The molecule has 0 unspecified atom stereocenters. The molecule has 1 aliphatic carbocycles. The van der Waals surface area contributed by atoms with Crippen LogP contribution in [0.4, 0.5) is 0 Å². The highest BCUT2D eigenvalue weighted by Crippen LogP contribution is 2.41. The molecule has 0 saturated heterocycles. The van der Waals surface area contributed by atoms with Crippen molar-refractivity contribution in [3.05, 3.63) is 35.9 Å². The molecule has 1 amide bonds. The van der Waals surface area contributed by atoms with Crippen molar-refractivity contribution in [2.75, 3.05) is 0 Å². The average molecular weight is 263 g/mol. The first kappa shape index (κ1) is 13.5. The number of hydrogen-bond acceptors (Lipinski definition) is 3. The van der Waals surface area contributed by atoms with Gasteiger partial charge in [-0.25, -0.2) is 4.79 Å². The molecule has 1 aromatic rings. The topological polar surface area (TPSA) is 86.6 Å². The van der Waals surface area contributed by atoms with Gasteiger partial charge in [-0.2, -0.15) is 0 Å². The Labute approximate surface area is 111 Å². The first-order valence-electron chi connectivity index (χ1n) is 6.23. The summed E-state index contributed by atoms with van der Waals surface area (Å²) < 4.78 is 0. The molecule has 3 N–H and O–H groups in total. The quantitative estimate of drug-likeness (QED) is 0.740. The number of carboxylic acids is 1. The summed E-state index contributed by atoms with van der Waals surface area (Å²) in [7, 11) is 0. The Bertz CT molecular complexity index is 483. The third-order valence-corrected chi connectivity index (χ3v) is 3.65. The van der Waals surface area contributed by atoms with Crippen molar-refractivity contribution in [2.24, 2.45) is 5.92 Å². The highest BCUT2D eigenvalue weighted by atomic mass is 16.4. The van der Waals surface area contributed by atoms with Crippen LogP contribution in [0.15, 0.2) is 30.3 Å². The number of rotatable bonds is 5. The molecular weight excluding hydrogens is 246 g/mol. The van der Waals surface area contributed by atoms with Crippen molar-refractivity contribution in [1.82, 2.24) is 5.32 Å². The van der Waals surface area contributed by atoms with Gasteiger partial charge in [0.1, 0.15) is 0 Å². The Morgan fingerprint density at radius 2 is 1.89 bits per heavy atom. The molecule has 102 valence electrons. The number of aliphatic carboxylic acids is 1. The maximum atomic E-state index is 12.1. The molecule has 0 aliphatic heterocycles. The van der Waals surface area contributed by atoms with Crippen molar-refractivity contribution in [3.63, 3.8) is 0 Å². The second-order valence-electron chi connectivity index (χ2n) is 5.12. The summed E-state index contributed by atoms with van der Waals surface area (Å²) in [6, 6.07) is 8.56. The monoisotopic (exact) mass is 263 g/mol. The van der Waals surface area contributed by atoms with Crippen LogP contribution >= 0.6 is 0 Å². The second kappa shape index (κ2) is 5.01. The molecule has 5 nitrogen and oxygen atoms in total. The fourth-order valence-corrected chi connectivity index (χ4v) is 2.24. The fourth-order valence-electron chi connectivity index (χ4n) is 2.24. The molecule has 0 radical (unpaired) electrons. The Morgan fingerprint density at radius 3 is 2.37 bits per heavy atom. The minimum Gasteiger partial charge on any atom is -0.479 e. The maximum absolute atomic E-state index is 12.1. The van der Waals surface area contributed by atoms with Crippen molar-refractivity contribution in [1.29, 1.82) is 0 Å². The van der Waals surface area contributed by atoms with Crippen LogP contribution in [-0.2, 0) is 4.79 Å². The van der Waals surface area contributed by atoms with E-state index in [1.54, 1.807) is 37.3 Å². The fraction of sp³-hybridized carbons (Fsp3) is 0.429. The lowest BCUT2D eigenvalue weighted by atomic mass is 9.88. The molecule has 0 heterocycles. The van der Waals surface area contributed by atoms with Crippen LogP contribution in [0.25, 0.3) is 0 Å². The van der Waals surface area contributed by atoms with Crippen LogP contribution in [-0.4, -0.2) is 33.7 Å². The molecule has 1 saturated carbocycles. The van der Waals surface area contributed by atoms with E-state index in [1.807, 2.05) is 0 Å². The summed E-state index contributed by atoms with van der Waals surface area (Å²) in [6.45, 7) is 1.59. The SMILES string of the molecule is C[C@](NC(=O)c1ccccc1)(C1CC1)[C@@H](O)C(=O)O. The van der Waals surface area contributed by atoms with Gasteiger partial charge in [-0.15, -0.1) is 0 Å². The third-order valence-electron chi connectivity index (χ3n) is 3.65. The van der Waals surface area contributed by atoms with Gasteiger partial charge in [-0.05, 0) is 37.8 Å². The number of carboxylic acid groups (broad SMARTS) is 1. The number of hydrogen-bond donors (Lipinski definition) is 3. The van der Waals surface area contributed by atoms with Gasteiger partial charge in [0.15, 0.2) is 6.10 Å². The van der Waals surface area contributed by atoms with Crippen LogP contribution in [0.3, 0.4) is 0 Å². The van der Waals surface area contributed by atoms with Crippen molar-refractivity contribution in [2.45, 2.75) is 31.4 Å². The molecule has 0 spiro atoms. The minimum atomic E-state index is -1.60. The van der Waals surface area contributed by atoms with Crippen molar-refractivity contribution in [3.8, 4) is 0 Å². The highest BCUT2D eigenvalue weighted by Gasteiger charge is 2.50. The summed E-state index contributed by atoms with van der Waals surface area (Å²) in [4.78, 5) is 23.1. The number of carbonyl (C=O) groups excluding carboxylic acids is 1. The molecule has 1 aromatic carbocycles. The Morgan fingerprint density at radius 1 is 1.32 bits per heavy atom. The number of amides is 1. The van der Waals surface area contributed by atoms with E-state index in [1.165, 1.54) is 0 Å². The second-order valence-corrected chi connectivity index (χ2v) is 5.12. The predicted molar refractivity (Wildman–Crippen MR) is 68.7 cm³/mol. The van der Waals surface area contributed by atoms with E-state index < -0.39 is 17.6 Å². The molecule has 0 bridgehead atoms. The lowest BCUT2D eigenvalue weighted by molar-refractivity contribution is -0.151. The van der Waals surface area contributed by atoms with E-state index in [2.05, 4.69) is 5.32 Å². The molecule has 19 heavy (non-hydrogen) atoms. The van der Waals surface area contributed by atoms with Crippen LogP contribution in [0, 0.1) is 5.92 Å². The maximum Gasteiger partial charge on any atom is 0.335 e. The van der Waals surface area contributed by atoms with Crippen LogP contribution in [0.1, 0.15) is 30.1 Å². The van der Waals surface area contributed by atoms with Gasteiger partial charge in [-0.3, -0.25) is 4.79 Å². The third kappa shape index (κ3) is 2.76. The first-order chi connectivity index (χ1) is 8.95. The van der Waals surface area contributed by atoms with E-state index in [9.17, 15) is 14.7 Å². The standard InChI is InChI=1S/C14H17NO4/c1-14(10-7-8-10,11(16)13(18)19)15-12(17)9-5-3-2-4-6-9/h2-6,10-11,16H,7-8H2,1H3,(H,15,17)(H,18,19)/t11-,14-/m0/s1. The molecule has 2 rings (SSSR count). The van der Waals surface area contributed by atoms with E-state index in [-0.39, 0.29) is 11.8 Å². The summed E-state index contributed by atoms with van der Waals surface area (Å²) >= 11 is 0. The minimum absolute atomic E-state index is 0.00580. The highest BCUT2D eigenvalue weighted by molar-refractivity contribution is 5.95. The summed E-state index contributed by atoms with van der Waals surface area (Å²) in [6.07, 6.45) is 0.0268. The molecule has 1 aliphatic rings. The molecule has 2 atom stereocenters. The largest absolute Gasteiger partial charge is 0.479 e. The summed E-state index contributed by atoms with van der Waals surface area (Å²) in [5.74, 6) is -1.68. The van der Waals surface area contributed by atoms with Crippen molar-refractivity contribution >= 4 is 11.9 Å². The van der Waals surface area contributed by atoms with Crippen LogP contribution in [0.5, 0.6) is 0 Å². The van der Waals surface area contributed by atoms with E-state index in [0.717, 1.165) is 12.8 Å². The number of carbonyl (C=O) groups is 2. The lowest BCUT2D eigenvalue weighted by Gasteiger charge is -2.33. The smallest absolute Gasteiger partial charge is 0.335 e. The Balaban J connectivity index is 2.18. The number of aliphatic hydroxyl groups is 1. The zero-order chi connectivity index (χ0) is 14.0. The van der Waals surface area contributed by atoms with Gasteiger partial charge in [0, 0.05) is 5.56 Å². The summed E-state index contributed by atoms with van der Waals surface area (Å²) in [5.41, 5.74) is -0.675. The van der Waals surface area contributed by atoms with Crippen LogP contribution < -0.4 is 5.32 Å². The lowest BCUT2D eigenvalue weighted by Crippen LogP contribution is -2.58. The van der Waals surface area contributed by atoms with Gasteiger partial charge < -0.3 is 15.5 Å². The number of aliphatic hydroxyl groups excluding tert-OH is 1. The van der Waals surface area contributed by atoms with E-state index >= 15 is 0 Å². The average Bonchev–Trinajstić information content (AvgIpc) is 3.23.